The number of furan rings is 1. The molecule has 112 valence electrons. The Kier molecular flexibility index (Phi) is 5.04. The van der Waals surface area contributed by atoms with Gasteiger partial charge in [0, 0.05) is 38.7 Å². The van der Waals surface area contributed by atoms with E-state index in [-0.39, 0.29) is 11.9 Å². The molecule has 2 rings (SSSR count). The van der Waals surface area contributed by atoms with Crippen LogP contribution in [-0.4, -0.2) is 23.9 Å². The normalized spacial score (nSPS) is 12.0. The molecule has 1 aromatic heterocycles. The number of carbonyl (C=O) groups excluding carboxylic acids is 1. The predicted octanol–water partition coefficient (Wildman–Crippen LogP) is 3.30. The van der Waals surface area contributed by atoms with Gasteiger partial charge in [-0.2, -0.15) is 0 Å². The van der Waals surface area contributed by atoms with Gasteiger partial charge in [-0.1, -0.05) is 18.2 Å². The number of anilines is 1. The molecule has 0 aliphatic carbocycles. The molecule has 1 unspecified atom stereocenters. The predicted molar refractivity (Wildman–Crippen MR) is 84.1 cm³/mol. The summed E-state index contributed by atoms with van der Waals surface area (Å²) >= 11 is 0. The van der Waals surface area contributed by atoms with Crippen molar-refractivity contribution in [1.82, 2.24) is 4.90 Å². The second-order valence-corrected chi connectivity index (χ2v) is 5.36. The van der Waals surface area contributed by atoms with Gasteiger partial charge in [0.1, 0.15) is 5.76 Å². The maximum absolute atomic E-state index is 11.4. The second kappa shape index (κ2) is 6.97. The topological polar surface area (TPSA) is 45.5 Å². The second-order valence-electron chi connectivity index (χ2n) is 5.36. The van der Waals surface area contributed by atoms with E-state index in [1.807, 2.05) is 43.4 Å². The average molecular weight is 286 g/mol. The summed E-state index contributed by atoms with van der Waals surface area (Å²) in [4.78, 5) is 13.1. The van der Waals surface area contributed by atoms with E-state index in [1.54, 1.807) is 18.1 Å². The molecule has 1 aromatic carbocycles. The summed E-state index contributed by atoms with van der Waals surface area (Å²) in [6.45, 7) is 4.30. The molecule has 0 radical (unpaired) electrons. The van der Waals surface area contributed by atoms with Gasteiger partial charge in [0.2, 0.25) is 5.91 Å². The number of benzene rings is 1. The summed E-state index contributed by atoms with van der Waals surface area (Å²) in [5, 5.41) is 3.50. The van der Waals surface area contributed by atoms with Crippen LogP contribution in [0.2, 0.25) is 0 Å². The van der Waals surface area contributed by atoms with Crippen molar-refractivity contribution in [3.63, 3.8) is 0 Å². The first-order chi connectivity index (χ1) is 10.1. The Bertz CT molecular complexity index is 578. The lowest BCUT2D eigenvalue weighted by Gasteiger charge is -2.20. The maximum Gasteiger partial charge on any atom is 0.219 e. The Labute approximate surface area is 125 Å². The fourth-order valence-corrected chi connectivity index (χ4v) is 2.21. The molecule has 0 fully saturated rings. The third-order valence-corrected chi connectivity index (χ3v) is 3.45. The van der Waals surface area contributed by atoms with Crippen LogP contribution in [0.15, 0.2) is 47.1 Å². The van der Waals surface area contributed by atoms with E-state index in [9.17, 15) is 4.79 Å². The zero-order valence-electron chi connectivity index (χ0n) is 12.8. The third kappa shape index (κ3) is 4.38. The first-order valence-corrected chi connectivity index (χ1v) is 7.15. The zero-order chi connectivity index (χ0) is 15.2. The molecule has 2 aromatic rings. The summed E-state index contributed by atoms with van der Waals surface area (Å²) in [6, 6.07) is 12.2. The van der Waals surface area contributed by atoms with Crippen molar-refractivity contribution >= 4 is 11.6 Å². The van der Waals surface area contributed by atoms with Crippen molar-refractivity contribution < 1.29 is 9.21 Å². The molecule has 0 aliphatic heterocycles. The van der Waals surface area contributed by atoms with Gasteiger partial charge in [-0.3, -0.25) is 4.79 Å². The molecule has 0 aliphatic rings. The van der Waals surface area contributed by atoms with Crippen LogP contribution < -0.4 is 5.32 Å². The highest BCUT2D eigenvalue weighted by molar-refractivity contribution is 5.73. The van der Waals surface area contributed by atoms with Crippen molar-refractivity contribution in [2.75, 3.05) is 12.4 Å². The van der Waals surface area contributed by atoms with Gasteiger partial charge in [-0.05, 0) is 30.7 Å². The van der Waals surface area contributed by atoms with Crippen molar-refractivity contribution in [3.05, 3.63) is 54.0 Å². The largest absolute Gasteiger partial charge is 0.469 e. The summed E-state index contributed by atoms with van der Waals surface area (Å²) < 4.78 is 5.38. The minimum atomic E-state index is 0.0634. The number of hydrogen-bond acceptors (Lipinski definition) is 3. The van der Waals surface area contributed by atoms with Gasteiger partial charge >= 0.3 is 0 Å². The molecular formula is C17H22N2O2. The summed E-state index contributed by atoms with van der Waals surface area (Å²) in [5.41, 5.74) is 2.17. The lowest BCUT2D eigenvalue weighted by atomic mass is 10.1. The average Bonchev–Trinajstić information content (AvgIpc) is 2.93. The molecule has 0 saturated heterocycles. The van der Waals surface area contributed by atoms with Crippen molar-refractivity contribution in [3.8, 4) is 0 Å². The molecule has 0 saturated carbocycles. The van der Waals surface area contributed by atoms with Crippen LogP contribution in [0.3, 0.4) is 0 Å². The molecule has 1 atom stereocenters. The van der Waals surface area contributed by atoms with Crippen molar-refractivity contribution in [2.24, 2.45) is 0 Å². The summed E-state index contributed by atoms with van der Waals surface area (Å²) in [6.07, 6.45) is 2.52. The molecule has 1 heterocycles. The minimum Gasteiger partial charge on any atom is -0.469 e. The van der Waals surface area contributed by atoms with Crippen molar-refractivity contribution in [1.29, 1.82) is 0 Å². The fraction of sp³-hybridized carbons (Fsp3) is 0.353. The Balaban J connectivity index is 2.03. The first kappa shape index (κ1) is 15.2. The standard InChI is InChI=1S/C17H22N2O2/c1-13(11-16-8-6-10-21-16)18-17-9-5-4-7-15(17)12-19(3)14(2)20/h4-10,13,18H,11-12H2,1-3H3. The van der Waals surface area contributed by atoms with Gasteiger partial charge in [-0.15, -0.1) is 0 Å². The Morgan fingerprint density at radius 1 is 1.29 bits per heavy atom. The number of rotatable bonds is 6. The molecule has 4 nitrogen and oxygen atoms in total. The maximum atomic E-state index is 11.4. The molecular weight excluding hydrogens is 264 g/mol. The van der Waals surface area contributed by atoms with Gasteiger partial charge in [0.25, 0.3) is 0 Å². The van der Waals surface area contributed by atoms with E-state index < -0.39 is 0 Å². The number of nitrogens with one attached hydrogen (secondary N) is 1. The highest BCUT2D eigenvalue weighted by Crippen LogP contribution is 2.19. The molecule has 1 N–H and O–H groups in total. The highest BCUT2D eigenvalue weighted by Gasteiger charge is 2.10. The zero-order valence-corrected chi connectivity index (χ0v) is 12.8. The van der Waals surface area contributed by atoms with Crippen LogP contribution in [0.1, 0.15) is 25.2 Å². The molecule has 4 heteroatoms. The van der Waals surface area contributed by atoms with E-state index in [2.05, 4.69) is 12.2 Å². The molecule has 1 amide bonds. The summed E-state index contributed by atoms with van der Waals surface area (Å²) in [7, 11) is 1.81. The van der Waals surface area contributed by atoms with Crippen LogP contribution >= 0.6 is 0 Å². The quantitative estimate of drug-likeness (QED) is 0.886. The number of amides is 1. The molecule has 0 bridgehead atoms. The number of carbonyl (C=O) groups is 1. The van der Waals surface area contributed by atoms with Crippen LogP contribution in [0.5, 0.6) is 0 Å². The van der Waals surface area contributed by atoms with Gasteiger partial charge in [0.15, 0.2) is 0 Å². The van der Waals surface area contributed by atoms with Crippen molar-refractivity contribution in [2.45, 2.75) is 32.9 Å². The van der Waals surface area contributed by atoms with Gasteiger partial charge < -0.3 is 14.6 Å². The molecule has 0 spiro atoms. The van der Waals surface area contributed by atoms with Crippen LogP contribution in [-0.2, 0) is 17.8 Å². The highest BCUT2D eigenvalue weighted by atomic mass is 16.3. The number of nitrogens with zero attached hydrogens (tertiary/aromatic N) is 1. The van der Waals surface area contributed by atoms with E-state index in [0.717, 1.165) is 23.4 Å². The monoisotopic (exact) mass is 286 g/mol. The first-order valence-electron chi connectivity index (χ1n) is 7.15. The Morgan fingerprint density at radius 2 is 2.05 bits per heavy atom. The van der Waals surface area contributed by atoms with Crippen LogP contribution in [0.4, 0.5) is 5.69 Å². The van der Waals surface area contributed by atoms with E-state index >= 15 is 0 Å². The SMILES string of the molecule is CC(=O)N(C)Cc1ccccc1NC(C)Cc1ccco1. The van der Waals surface area contributed by atoms with E-state index in [1.165, 1.54) is 0 Å². The summed E-state index contributed by atoms with van der Waals surface area (Å²) in [5.74, 6) is 1.03. The Morgan fingerprint density at radius 3 is 2.71 bits per heavy atom. The Hall–Kier alpha value is -2.23. The smallest absolute Gasteiger partial charge is 0.219 e. The van der Waals surface area contributed by atoms with E-state index in [4.69, 9.17) is 4.42 Å². The van der Waals surface area contributed by atoms with Crippen LogP contribution in [0.25, 0.3) is 0 Å². The number of hydrogen-bond donors (Lipinski definition) is 1. The van der Waals surface area contributed by atoms with E-state index in [0.29, 0.717) is 6.54 Å². The minimum absolute atomic E-state index is 0.0634. The lowest BCUT2D eigenvalue weighted by molar-refractivity contribution is -0.128. The molecule has 21 heavy (non-hydrogen) atoms. The van der Waals surface area contributed by atoms with Gasteiger partial charge in [0.05, 0.1) is 6.26 Å². The number of para-hydroxylation sites is 1. The fourth-order valence-electron chi connectivity index (χ4n) is 2.21. The van der Waals surface area contributed by atoms with Gasteiger partial charge in [-0.25, -0.2) is 0 Å². The third-order valence-electron chi connectivity index (χ3n) is 3.45. The van der Waals surface area contributed by atoms with Crippen LogP contribution in [0, 0.1) is 0 Å². The lowest BCUT2D eigenvalue weighted by Crippen LogP contribution is -2.25.